The first-order valence-electron chi connectivity index (χ1n) is 8.85. The molecule has 0 spiro atoms. The number of benzene rings is 1. The number of hydrogen-bond acceptors (Lipinski definition) is 2. The fourth-order valence-corrected chi connectivity index (χ4v) is 2.99. The average molecular weight is 318 g/mol. The minimum Gasteiger partial charge on any atom is -0.508 e. The van der Waals surface area contributed by atoms with E-state index in [-0.39, 0.29) is 5.41 Å². The van der Waals surface area contributed by atoms with E-state index in [1.165, 1.54) is 16.7 Å². The van der Waals surface area contributed by atoms with Crippen molar-refractivity contribution in [3.05, 3.63) is 41.0 Å². The number of phenols is 1. The van der Waals surface area contributed by atoms with Gasteiger partial charge in [-0.15, -0.1) is 0 Å². The Morgan fingerprint density at radius 1 is 1.30 bits per heavy atom. The smallest absolute Gasteiger partial charge is 0.115 e. The number of hydrogen-bond donors (Lipinski definition) is 1. The summed E-state index contributed by atoms with van der Waals surface area (Å²) in [5.74, 6) is 0.897. The maximum atomic E-state index is 9.98. The third-order valence-corrected chi connectivity index (χ3v) is 5.19. The quantitative estimate of drug-likeness (QED) is 0.670. The average Bonchev–Trinajstić information content (AvgIpc) is 2.50. The van der Waals surface area contributed by atoms with Crippen LogP contribution in [0.15, 0.2) is 29.8 Å². The van der Waals surface area contributed by atoms with Gasteiger partial charge in [-0.25, -0.2) is 0 Å². The lowest BCUT2D eigenvalue weighted by Gasteiger charge is -2.37. The van der Waals surface area contributed by atoms with Gasteiger partial charge < -0.3 is 10.0 Å². The summed E-state index contributed by atoms with van der Waals surface area (Å²) >= 11 is 0. The summed E-state index contributed by atoms with van der Waals surface area (Å²) < 4.78 is 0. The first-order chi connectivity index (χ1) is 10.7. The van der Waals surface area contributed by atoms with Crippen molar-refractivity contribution in [1.29, 1.82) is 0 Å². The minimum absolute atomic E-state index is 0.0727. The second-order valence-corrected chi connectivity index (χ2v) is 7.56. The van der Waals surface area contributed by atoms with Gasteiger partial charge in [0.1, 0.15) is 5.75 Å². The van der Waals surface area contributed by atoms with E-state index in [0.717, 1.165) is 25.9 Å². The molecule has 0 amide bonds. The van der Waals surface area contributed by atoms with E-state index in [1.54, 1.807) is 0 Å². The van der Waals surface area contributed by atoms with Crippen LogP contribution in [0.1, 0.15) is 59.1 Å². The van der Waals surface area contributed by atoms with Crippen molar-refractivity contribution in [3.8, 4) is 5.75 Å². The van der Waals surface area contributed by atoms with Crippen molar-refractivity contribution in [2.75, 3.05) is 20.1 Å². The van der Waals surface area contributed by atoms with Gasteiger partial charge in [-0.3, -0.25) is 0 Å². The zero-order valence-electron chi connectivity index (χ0n) is 16.1. The van der Waals surface area contributed by atoms with Crippen LogP contribution in [0.5, 0.6) is 5.75 Å². The summed E-state index contributed by atoms with van der Waals surface area (Å²) in [7, 11) is 2.18. The SMILES string of the molecule is CCc1ccc(O)cc1[C@@](C)(CCN(C)CC=C(C)C)C(C)C. The number of allylic oxidation sites excluding steroid dienone is 1. The van der Waals surface area contributed by atoms with Gasteiger partial charge in [0.05, 0.1) is 0 Å². The molecule has 1 rings (SSSR count). The van der Waals surface area contributed by atoms with Gasteiger partial charge in [-0.1, -0.05) is 45.4 Å². The molecule has 2 heteroatoms. The Morgan fingerprint density at radius 2 is 1.96 bits per heavy atom. The van der Waals surface area contributed by atoms with E-state index >= 15 is 0 Å². The fourth-order valence-electron chi connectivity index (χ4n) is 2.99. The highest BCUT2D eigenvalue weighted by Gasteiger charge is 2.32. The first kappa shape index (κ1) is 19.8. The largest absolute Gasteiger partial charge is 0.508 e. The number of aryl methyl sites for hydroxylation is 1. The van der Waals surface area contributed by atoms with Gasteiger partial charge >= 0.3 is 0 Å². The normalized spacial score (nSPS) is 14.1. The molecule has 1 aromatic carbocycles. The highest BCUT2D eigenvalue weighted by Crippen LogP contribution is 2.39. The standard InChI is InChI=1S/C21H35NO/c1-8-18-9-10-19(23)15-20(18)21(6,17(4)5)12-14-22(7)13-11-16(2)3/h9-11,15,17,23H,8,12-14H2,1-7H3/t21-/m0/s1. The molecule has 0 bridgehead atoms. The van der Waals surface area contributed by atoms with E-state index in [9.17, 15) is 5.11 Å². The molecule has 2 nitrogen and oxygen atoms in total. The molecule has 0 aliphatic rings. The molecule has 0 fully saturated rings. The molecule has 0 heterocycles. The molecule has 1 aromatic rings. The molecule has 0 saturated carbocycles. The molecular weight excluding hydrogens is 282 g/mol. The third-order valence-electron chi connectivity index (χ3n) is 5.19. The molecule has 0 radical (unpaired) electrons. The summed E-state index contributed by atoms with van der Waals surface area (Å²) in [6, 6.07) is 5.87. The number of nitrogens with zero attached hydrogens (tertiary/aromatic N) is 1. The molecule has 1 atom stereocenters. The zero-order valence-corrected chi connectivity index (χ0v) is 16.1. The lowest BCUT2D eigenvalue weighted by molar-refractivity contribution is 0.255. The maximum absolute atomic E-state index is 9.98. The van der Waals surface area contributed by atoms with Gasteiger partial charge in [-0.05, 0) is 74.9 Å². The van der Waals surface area contributed by atoms with E-state index in [1.807, 2.05) is 12.1 Å². The monoisotopic (exact) mass is 317 g/mol. The van der Waals surface area contributed by atoms with E-state index in [2.05, 4.69) is 65.6 Å². The van der Waals surface area contributed by atoms with Gasteiger partial charge in [0.15, 0.2) is 0 Å². The van der Waals surface area contributed by atoms with Gasteiger partial charge in [0.2, 0.25) is 0 Å². The van der Waals surface area contributed by atoms with Crippen LogP contribution >= 0.6 is 0 Å². The molecule has 23 heavy (non-hydrogen) atoms. The summed E-state index contributed by atoms with van der Waals surface area (Å²) in [4.78, 5) is 2.38. The van der Waals surface area contributed by atoms with Gasteiger partial charge in [-0.2, -0.15) is 0 Å². The van der Waals surface area contributed by atoms with Crippen molar-refractivity contribution in [2.45, 2.75) is 59.8 Å². The van der Waals surface area contributed by atoms with Crippen LogP contribution in [0.4, 0.5) is 0 Å². The Kier molecular flexibility index (Phi) is 7.34. The van der Waals surface area contributed by atoms with Crippen LogP contribution in [0.2, 0.25) is 0 Å². The molecule has 0 saturated heterocycles. The summed E-state index contributed by atoms with van der Waals surface area (Å²) in [6.45, 7) is 15.5. The predicted octanol–water partition coefficient (Wildman–Crippen LogP) is 5.16. The van der Waals surface area contributed by atoms with Crippen LogP contribution in [-0.4, -0.2) is 30.1 Å². The summed E-state index contributed by atoms with van der Waals surface area (Å²) in [5, 5.41) is 9.98. The lowest BCUT2D eigenvalue weighted by Crippen LogP contribution is -2.34. The summed E-state index contributed by atoms with van der Waals surface area (Å²) in [6.07, 6.45) is 4.37. The van der Waals surface area contributed by atoms with Gasteiger partial charge in [0.25, 0.3) is 0 Å². The molecular formula is C21H35NO. The number of phenolic OH excluding ortho intramolecular Hbond substituents is 1. The van der Waals surface area contributed by atoms with Gasteiger partial charge in [0, 0.05) is 6.54 Å². The molecule has 1 N–H and O–H groups in total. The molecule has 0 aliphatic carbocycles. The van der Waals surface area contributed by atoms with Crippen LogP contribution < -0.4 is 0 Å². The van der Waals surface area contributed by atoms with Crippen molar-refractivity contribution in [3.63, 3.8) is 0 Å². The lowest BCUT2D eigenvalue weighted by atomic mass is 9.69. The van der Waals surface area contributed by atoms with Crippen LogP contribution in [0.3, 0.4) is 0 Å². The fraction of sp³-hybridized carbons (Fsp3) is 0.619. The van der Waals surface area contributed by atoms with Crippen molar-refractivity contribution in [2.24, 2.45) is 5.92 Å². The zero-order chi connectivity index (χ0) is 17.6. The van der Waals surface area contributed by atoms with Crippen molar-refractivity contribution in [1.82, 2.24) is 4.90 Å². The Labute approximate surface area is 143 Å². The highest BCUT2D eigenvalue weighted by atomic mass is 16.3. The minimum atomic E-state index is 0.0727. The van der Waals surface area contributed by atoms with Crippen LogP contribution in [0, 0.1) is 5.92 Å². The first-order valence-corrected chi connectivity index (χ1v) is 8.85. The van der Waals surface area contributed by atoms with Crippen molar-refractivity contribution >= 4 is 0 Å². The van der Waals surface area contributed by atoms with E-state index < -0.39 is 0 Å². The number of likely N-dealkylation sites (N-methyl/N-ethyl adjacent to an activating group) is 1. The molecule has 0 aliphatic heterocycles. The predicted molar refractivity (Wildman–Crippen MR) is 101 cm³/mol. The Morgan fingerprint density at radius 3 is 2.48 bits per heavy atom. The Hall–Kier alpha value is -1.28. The van der Waals surface area contributed by atoms with Crippen LogP contribution in [-0.2, 0) is 11.8 Å². The molecule has 0 aromatic heterocycles. The second-order valence-electron chi connectivity index (χ2n) is 7.56. The topological polar surface area (TPSA) is 23.5 Å². The van der Waals surface area contributed by atoms with E-state index in [0.29, 0.717) is 11.7 Å². The molecule has 130 valence electrons. The number of aromatic hydroxyl groups is 1. The second kappa shape index (κ2) is 8.54. The third kappa shape index (κ3) is 5.39. The highest BCUT2D eigenvalue weighted by molar-refractivity contribution is 5.40. The van der Waals surface area contributed by atoms with E-state index in [4.69, 9.17) is 0 Å². The van der Waals surface area contributed by atoms with Crippen LogP contribution in [0.25, 0.3) is 0 Å². The maximum Gasteiger partial charge on any atom is 0.115 e. The Balaban J connectivity index is 3.00. The molecule has 0 unspecified atom stereocenters. The number of rotatable bonds is 8. The van der Waals surface area contributed by atoms with Crippen molar-refractivity contribution < 1.29 is 5.11 Å². The summed E-state index contributed by atoms with van der Waals surface area (Å²) in [5.41, 5.74) is 4.10. The Bertz CT molecular complexity index is 529.